The Bertz CT molecular complexity index is 528. The molecule has 112 valence electrons. The van der Waals surface area contributed by atoms with Gasteiger partial charge in [0, 0.05) is 12.0 Å². The first-order chi connectivity index (χ1) is 9.65. The standard InChI is InChI=1S/C12H18N2O4S2/c15-20(16,10-1-2-10)14-11-3-4-17-6-12(11)18-5-9-7-19-8-13-9/h7-8,10-12,14H,1-6H2/t11-,12-/m1/s1. The highest BCUT2D eigenvalue weighted by Gasteiger charge is 2.39. The summed E-state index contributed by atoms with van der Waals surface area (Å²) in [7, 11) is -3.19. The molecule has 2 atom stereocenters. The Morgan fingerprint density at radius 1 is 1.45 bits per heavy atom. The number of hydrogen-bond donors (Lipinski definition) is 1. The fourth-order valence-electron chi connectivity index (χ4n) is 2.20. The van der Waals surface area contributed by atoms with Gasteiger partial charge in [-0.25, -0.2) is 18.1 Å². The summed E-state index contributed by atoms with van der Waals surface area (Å²) < 4.78 is 38.0. The maximum absolute atomic E-state index is 12.0. The van der Waals surface area contributed by atoms with Crippen LogP contribution in [0.2, 0.25) is 0 Å². The van der Waals surface area contributed by atoms with Crippen LogP contribution in [0.4, 0.5) is 0 Å². The molecule has 0 amide bonds. The van der Waals surface area contributed by atoms with E-state index >= 15 is 0 Å². The van der Waals surface area contributed by atoms with Crippen molar-refractivity contribution in [3.05, 3.63) is 16.6 Å². The largest absolute Gasteiger partial charge is 0.379 e. The van der Waals surface area contributed by atoms with Gasteiger partial charge in [0.25, 0.3) is 0 Å². The second-order valence-electron chi connectivity index (χ2n) is 5.16. The molecule has 0 spiro atoms. The summed E-state index contributed by atoms with van der Waals surface area (Å²) in [5.74, 6) is 0. The van der Waals surface area contributed by atoms with Gasteiger partial charge in [-0.1, -0.05) is 0 Å². The zero-order valence-corrected chi connectivity index (χ0v) is 12.7. The lowest BCUT2D eigenvalue weighted by atomic mass is 10.1. The fraction of sp³-hybridized carbons (Fsp3) is 0.750. The van der Waals surface area contributed by atoms with Gasteiger partial charge in [0.1, 0.15) is 0 Å². The SMILES string of the molecule is O=S(=O)(N[C@@H]1CCOC[C@H]1OCc1cscn1)C1CC1. The Hall–Kier alpha value is -0.540. The van der Waals surface area contributed by atoms with Crippen LogP contribution in [0.25, 0.3) is 0 Å². The molecule has 0 radical (unpaired) electrons. The lowest BCUT2D eigenvalue weighted by molar-refractivity contribution is -0.0718. The molecule has 2 aliphatic rings. The molecule has 0 unspecified atom stereocenters. The molecule has 1 aromatic heterocycles. The first kappa shape index (κ1) is 14.4. The van der Waals surface area contributed by atoms with Gasteiger partial charge in [-0.2, -0.15) is 0 Å². The van der Waals surface area contributed by atoms with E-state index < -0.39 is 10.0 Å². The molecule has 1 saturated heterocycles. The number of aromatic nitrogens is 1. The third-order valence-corrected chi connectivity index (χ3v) is 6.13. The minimum atomic E-state index is -3.19. The summed E-state index contributed by atoms with van der Waals surface area (Å²) >= 11 is 1.52. The highest BCUT2D eigenvalue weighted by atomic mass is 32.2. The fourth-order valence-corrected chi connectivity index (χ4v) is 4.38. The number of nitrogens with one attached hydrogen (secondary N) is 1. The van der Waals surface area contributed by atoms with Gasteiger partial charge in [-0.05, 0) is 19.3 Å². The summed E-state index contributed by atoms with van der Waals surface area (Å²) in [4.78, 5) is 4.15. The summed E-state index contributed by atoms with van der Waals surface area (Å²) in [5.41, 5.74) is 2.62. The Labute approximate surface area is 122 Å². The van der Waals surface area contributed by atoms with Gasteiger partial charge in [-0.3, -0.25) is 0 Å². The molecule has 1 aliphatic heterocycles. The topological polar surface area (TPSA) is 77.5 Å². The average molecular weight is 318 g/mol. The highest BCUT2D eigenvalue weighted by Crippen LogP contribution is 2.28. The van der Waals surface area contributed by atoms with Crippen molar-refractivity contribution in [3.8, 4) is 0 Å². The lowest BCUT2D eigenvalue weighted by Crippen LogP contribution is -2.50. The Morgan fingerprint density at radius 3 is 3.00 bits per heavy atom. The molecule has 3 rings (SSSR count). The van der Waals surface area contributed by atoms with Crippen LogP contribution in [-0.4, -0.2) is 44.0 Å². The van der Waals surface area contributed by atoms with Crippen molar-refractivity contribution in [1.82, 2.24) is 9.71 Å². The number of rotatable bonds is 6. The molecule has 0 aromatic carbocycles. The van der Waals surface area contributed by atoms with E-state index in [0.29, 0.717) is 26.2 Å². The summed E-state index contributed by atoms with van der Waals surface area (Å²) in [6, 6.07) is -0.201. The number of nitrogens with zero attached hydrogens (tertiary/aromatic N) is 1. The van der Waals surface area contributed by atoms with Crippen molar-refractivity contribution < 1.29 is 17.9 Å². The summed E-state index contributed by atoms with van der Waals surface area (Å²) in [6.07, 6.45) is 1.93. The number of sulfonamides is 1. The Morgan fingerprint density at radius 2 is 2.30 bits per heavy atom. The third-order valence-electron chi connectivity index (χ3n) is 3.51. The quantitative estimate of drug-likeness (QED) is 0.843. The van der Waals surface area contributed by atoms with E-state index in [1.807, 2.05) is 5.38 Å². The van der Waals surface area contributed by atoms with Crippen LogP contribution in [0.1, 0.15) is 25.0 Å². The van der Waals surface area contributed by atoms with Gasteiger partial charge < -0.3 is 9.47 Å². The van der Waals surface area contributed by atoms with E-state index in [4.69, 9.17) is 9.47 Å². The summed E-state index contributed by atoms with van der Waals surface area (Å²) in [5, 5.41) is 1.72. The van der Waals surface area contributed by atoms with Crippen molar-refractivity contribution in [2.24, 2.45) is 0 Å². The van der Waals surface area contributed by atoms with Crippen molar-refractivity contribution >= 4 is 21.4 Å². The number of thiazole rings is 1. The van der Waals surface area contributed by atoms with E-state index in [9.17, 15) is 8.42 Å². The van der Waals surface area contributed by atoms with Crippen LogP contribution in [0.5, 0.6) is 0 Å². The minimum absolute atomic E-state index is 0.201. The average Bonchev–Trinajstić information content (AvgIpc) is 3.17. The number of hydrogen-bond acceptors (Lipinski definition) is 6. The van der Waals surface area contributed by atoms with Crippen LogP contribution in [0, 0.1) is 0 Å². The molecule has 1 aromatic rings. The van der Waals surface area contributed by atoms with Crippen molar-refractivity contribution in [1.29, 1.82) is 0 Å². The Kier molecular flexibility index (Phi) is 4.37. The molecule has 20 heavy (non-hydrogen) atoms. The molecular formula is C12H18N2O4S2. The van der Waals surface area contributed by atoms with Gasteiger partial charge >= 0.3 is 0 Å². The van der Waals surface area contributed by atoms with Crippen LogP contribution in [0.3, 0.4) is 0 Å². The predicted octanol–water partition coefficient (Wildman–Crippen LogP) is 0.899. The van der Waals surface area contributed by atoms with Crippen molar-refractivity contribution in [2.45, 2.75) is 43.3 Å². The van der Waals surface area contributed by atoms with E-state index in [0.717, 1.165) is 18.5 Å². The van der Waals surface area contributed by atoms with Crippen LogP contribution >= 0.6 is 11.3 Å². The molecule has 0 bridgehead atoms. The maximum Gasteiger partial charge on any atom is 0.214 e. The first-order valence-electron chi connectivity index (χ1n) is 6.73. The van der Waals surface area contributed by atoms with E-state index in [1.165, 1.54) is 11.3 Å². The molecule has 1 aliphatic carbocycles. The van der Waals surface area contributed by atoms with E-state index in [1.54, 1.807) is 5.51 Å². The second-order valence-corrected chi connectivity index (χ2v) is 7.87. The van der Waals surface area contributed by atoms with Gasteiger partial charge in [0.05, 0.1) is 41.8 Å². The smallest absolute Gasteiger partial charge is 0.214 e. The minimum Gasteiger partial charge on any atom is -0.379 e. The predicted molar refractivity (Wildman–Crippen MR) is 75.0 cm³/mol. The molecule has 1 saturated carbocycles. The molecule has 2 heterocycles. The second kappa shape index (κ2) is 6.07. The highest BCUT2D eigenvalue weighted by molar-refractivity contribution is 7.90. The number of ether oxygens (including phenoxy) is 2. The third kappa shape index (κ3) is 3.56. The zero-order chi connectivity index (χ0) is 14.0. The zero-order valence-electron chi connectivity index (χ0n) is 11.0. The van der Waals surface area contributed by atoms with E-state index in [-0.39, 0.29) is 17.4 Å². The van der Waals surface area contributed by atoms with Gasteiger partial charge in [0.15, 0.2) is 0 Å². The summed E-state index contributed by atoms with van der Waals surface area (Å²) in [6.45, 7) is 1.37. The molecule has 2 fully saturated rings. The molecule has 6 nitrogen and oxygen atoms in total. The van der Waals surface area contributed by atoms with Gasteiger partial charge in [0.2, 0.25) is 10.0 Å². The van der Waals surface area contributed by atoms with E-state index in [2.05, 4.69) is 9.71 Å². The molecule has 8 heteroatoms. The monoisotopic (exact) mass is 318 g/mol. The first-order valence-corrected chi connectivity index (χ1v) is 9.21. The van der Waals surface area contributed by atoms with Crippen LogP contribution in [-0.2, 0) is 26.1 Å². The van der Waals surface area contributed by atoms with Gasteiger partial charge in [-0.15, -0.1) is 11.3 Å². The molecule has 1 N–H and O–H groups in total. The van der Waals surface area contributed by atoms with Crippen LogP contribution < -0.4 is 4.72 Å². The normalized spacial score (nSPS) is 27.6. The van der Waals surface area contributed by atoms with Crippen molar-refractivity contribution in [2.75, 3.05) is 13.2 Å². The Balaban J connectivity index is 1.58. The lowest BCUT2D eigenvalue weighted by Gasteiger charge is -2.31. The van der Waals surface area contributed by atoms with Crippen molar-refractivity contribution in [3.63, 3.8) is 0 Å². The van der Waals surface area contributed by atoms with Crippen LogP contribution in [0.15, 0.2) is 10.9 Å². The maximum atomic E-state index is 12.0. The molecular weight excluding hydrogens is 300 g/mol.